The number of nitrogens with zero attached hydrogens (tertiary/aromatic N) is 4. The Balaban J connectivity index is 1.43. The highest BCUT2D eigenvalue weighted by atomic mass is 32.2. The Morgan fingerprint density at radius 3 is 2.84 bits per heavy atom. The van der Waals surface area contributed by atoms with E-state index in [1.807, 2.05) is 30.5 Å². The van der Waals surface area contributed by atoms with E-state index in [1.165, 1.54) is 24.6 Å². The minimum absolute atomic E-state index is 0.0386. The Morgan fingerprint density at radius 2 is 2.10 bits per heavy atom. The van der Waals surface area contributed by atoms with Gasteiger partial charge in [0.1, 0.15) is 0 Å². The van der Waals surface area contributed by atoms with Crippen molar-refractivity contribution in [2.45, 2.75) is 55.3 Å². The second kappa shape index (κ2) is 10.7. The second-order valence-corrected chi connectivity index (χ2v) is 10.1. The lowest BCUT2D eigenvalue weighted by Crippen LogP contribution is -2.35. The molecule has 4 rings (SSSR count). The molecule has 7 nitrogen and oxygen atoms in total. The van der Waals surface area contributed by atoms with Gasteiger partial charge >= 0.3 is 0 Å². The Kier molecular flexibility index (Phi) is 7.79. The van der Waals surface area contributed by atoms with Crippen molar-refractivity contribution in [2.75, 3.05) is 41.9 Å². The first-order valence-corrected chi connectivity index (χ1v) is 13.2. The summed E-state index contributed by atoms with van der Waals surface area (Å²) < 4.78 is 8.05. The molecule has 1 atom stereocenters. The van der Waals surface area contributed by atoms with Crippen LogP contribution in [-0.2, 0) is 16.1 Å². The zero-order chi connectivity index (χ0) is 21.6. The summed E-state index contributed by atoms with van der Waals surface area (Å²) in [6.45, 7) is 5.88. The Labute approximate surface area is 192 Å². The van der Waals surface area contributed by atoms with E-state index in [1.54, 1.807) is 11.8 Å². The summed E-state index contributed by atoms with van der Waals surface area (Å²) in [6, 6.07) is 7.89. The van der Waals surface area contributed by atoms with Gasteiger partial charge in [-0.05, 0) is 56.1 Å². The molecule has 1 aromatic heterocycles. The number of carbonyl (C=O) groups excluding carboxylic acids is 1. The SMILES string of the molecule is CSc1cccc(NC(=O)CSc2nnc(N3CCC(C)CC3)n2CC2CCCO2)c1. The average Bonchev–Trinajstić information content (AvgIpc) is 3.43. The van der Waals surface area contributed by atoms with Crippen molar-refractivity contribution >= 4 is 41.1 Å². The van der Waals surface area contributed by atoms with Crippen LogP contribution in [-0.4, -0.2) is 58.5 Å². The molecule has 1 amide bonds. The molecule has 2 aliphatic heterocycles. The smallest absolute Gasteiger partial charge is 0.234 e. The maximum Gasteiger partial charge on any atom is 0.234 e. The zero-order valence-corrected chi connectivity index (χ0v) is 19.9. The molecule has 2 aliphatic rings. The minimum Gasteiger partial charge on any atom is -0.376 e. The molecule has 0 bridgehead atoms. The molecular formula is C22H31N5O2S2. The summed E-state index contributed by atoms with van der Waals surface area (Å²) in [5.74, 6) is 1.93. The van der Waals surface area contributed by atoms with Crippen molar-refractivity contribution < 1.29 is 9.53 Å². The molecule has 2 fully saturated rings. The van der Waals surface area contributed by atoms with E-state index in [2.05, 4.69) is 31.9 Å². The number of thioether (sulfide) groups is 2. The lowest BCUT2D eigenvalue weighted by molar-refractivity contribution is -0.113. The van der Waals surface area contributed by atoms with E-state index in [9.17, 15) is 4.79 Å². The third kappa shape index (κ3) is 5.96. The largest absolute Gasteiger partial charge is 0.376 e. The zero-order valence-electron chi connectivity index (χ0n) is 18.2. The summed E-state index contributed by atoms with van der Waals surface area (Å²) in [5.41, 5.74) is 0.821. The molecule has 31 heavy (non-hydrogen) atoms. The molecule has 0 saturated carbocycles. The molecule has 3 heterocycles. The van der Waals surface area contributed by atoms with Crippen LogP contribution in [0.1, 0.15) is 32.6 Å². The summed E-state index contributed by atoms with van der Waals surface area (Å²) in [7, 11) is 0. The molecule has 1 aromatic carbocycles. The van der Waals surface area contributed by atoms with Crippen molar-refractivity contribution in [3.63, 3.8) is 0 Å². The van der Waals surface area contributed by atoms with E-state index in [-0.39, 0.29) is 12.0 Å². The van der Waals surface area contributed by atoms with Gasteiger partial charge in [-0.15, -0.1) is 22.0 Å². The van der Waals surface area contributed by atoms with Gasteiger partial charge < -0.3 is 15.0 Å². The van der Waals surface area contributed by atoms with Crippen LogP contribution in [0.15, 0.2) is 34.3 Å². The first-order valence-electron chi connectivity index (χ1n) is 11.0. The molecule has 2 saturated heterocycles. The summed E-state index contributed by atoms with van der Waals surface area (Å²) in [4.78, 5) is 16.0. The van der Waals surface area contributed by atoms with Crippen molar-refractivity contribution in [3.8, 4) is 0 Å². The van der Waals surface area contributed by atoms with Crippen LogP contribution in [0.4, 0.5) is 11.6 Å². The number of carbonyl (C=O) groups is 1. The summed E-state index contributed by atoms with van der Waals surface area (Å²) in [5, 5.41) is 12.8. The van der Waals surface area contributed by atoms with Gasteiger partial charge in [0, 0.05) is 30.3 Å². The second-order valence-electron chi connectivity index (χ2n) is 8.27. The van der Waals surface area contributed by atoms with E-state index in [4.69, 9.17) is 4.74 Å². The van der Waals surface area contributed by atoms with Gasteiger partial charge in [-0.1, -0.05) is 24.8 Å². The van der Waals surface area contributed by atoms with Crippen molar-refractivity contribution in [1.82, 2.24) is 14.8 Å². The Hall–Kier alpha value is -1.71. The van der Waals surface area contributed by atoms with Crippen LogP contribution < -0.4 is 10.2 Å². The van der Waals surface area contributed by atoms with Crippen LogP contribution in [0, 0.1) is 5.92 Å². The number of piperidine rings is 1. The molecular weight excluding hydrogens is 430 g/mol. The highest BCUT2D eigenvalue weighted by Crippen LogP contribution is 2.28. The number of nitrogens with one attached hydrogen (secondary N) is 1. The minimum atomic E-state index is -0.0386. The molecule has 168 valence electrons. The first kappa shape index (κ1) is 22.5. The van der Waals surface area contributed by atoms with Crippen LogP contribution in [0.2, 0.25) is 0 Å². The standard InChI is InChI=1S/C22H31N5O2S2/c1-16-8-10-26(11-9-16)21-24-25-22(27(21)14-18-6-4-12-29-18)31-15-20(28)23-17-5-3-7-19(13-17)30-2/h3,5,7,13,16,18H,4,6,8-12,14-15H2,1-2H3,(H,23,28). The molecule has 0 aliphatic carbocycles. The number of ether oxygens (including phenoxy) is 1. The van der Waals surface area contributed by atoms with Crippen LogP contribution in [0.5, 0.6) is 0 Å². The molecule has 9 heteroatoms. The van der Waals surface area contributed by atoms with Crippen molar-refractivity contribution in [1.29, 1.82) is 0 Å². The lowest BCUT2D eigenvalue weighted by Gasteiger charge is -2.31. The van der Waals surface area contributed by atoms with E-state index < -0.39 is 0 Å². The lowest BCUT2D eigenvalue weighted by atomic mass is 10.00. The highest BCUT2D eigenvalue weighted by molar-refractivity contribution is 7.99. The number of rotatable bonds is 8. The fourth-order valence-corrected chi connectivity index (χ4v) is 5.21. The number of amides is 1. The molecule has 1 N–H and O–H groups in total. The number of aromatic nitrogens is 3. The van der Waals surface area contributed by atoms with Gasteiger partial charge in [-0.3, -0.25) is 9.36 Å². The maximum atomic E-state index is 12.6. The van der Waals surface area contributed by atoms with Gasteiger partial charge in [0.15, 0.2) is 5.16 Å². The normalized spacial score (nSPS) is 19.7. The predicted molar refractivity (Wildman–Crippen MR) is 127 cm³/mol. The Bertz CT molecular complexity index is 877. The van der Waals surface area contributed by atoms with Crippen LogP contribution in [0.25, 0.3) is 0 Å². The van der Waals surface area contributed by atoms with Gasteiger partial charge in [0.25, 0.3) is 0 Å². The number of anilines is 2. The summed E-state index contributed by atoms with van der Waals surface area (Å²) >= 11 is 3.10. The number of hydrogen-bond donors (Lipinski definition) is 1. The van der Waals surface area contributed by atoms with Crippen molar-refractivity contribution in [3.05, 3.63) is 24.3 Å². The monoisotopic (exact) mass is 461 g/mol. The Morgan fingerprint density at radius 1 is 1.26 bits per heavy atom. The van der Waals surface area contributed by atoms with Gasteiger partial charge in [-0.2, -0.15) is 0 Å². The first-order chi connectivity index (χ1) is 15.1. The van der Waals surface area contributed by atoms with E-state index in [0.29, 0.717) is 5.75 Å². The topological polar surface area (TPSA) is 72.3 Å². The van der Waals surface area contributed by atoms with Crippen LogP contribution in [0.3, 0.4) is 0 Å². The van der Waals surface area contributed by atoms with E-state index in [0.717, 1.165) is 66.7 Å². The fraction of sp³-hybridized carbons (Fsp3) is 0.591. The quantitative estimate of drug-likeness (QED) is 0.592. The highest BCUT2D eigenvalue weighted by Gasteiger charge is 2.26. The van der Waals surface area contributed by atoms with Gasteiger partial charge in [0.2, 0.25) is 11.9 Å². The number of benzene rings is 1. The summed E-state index contributed by atoms with van der Waals surface area (Å²) in [6.07, 6.45) is 6.73. The fourth-order valence-electron chi connectivity index (χ4n) is 4.01. The molecule has 2 aromatic rings. The third-order valence-corrected chi connectivity index (χ3v) is 7.55. The number of hydrogen-bond acceptors (Lipinski definition) is 7. The van der Waals surface area contributed by atoms with E-state index >= 15 is 0 Å². The molecule has 1 unspecified atom stereocenters. The average molecular weight is 462 g/mol. The van der Waals surface area contributed by atoms with Gasteiger partial charge in [0.05, 0.1) is 18.4 Å². The van der Waals surface area contributed by atoms with Crippen molar-refractivity contribution in [2.24, 2.45) is 5.92 Å². The third-order valence-electron chi connectivity index (χ3n) is 5.86. The maximum absolute atomic E-state index is 12.6. The predicted octanol–water partition coefficient (Wildman–Crippen LogP) is 4.15. The molecule has 0 spiro atoms. The molecule has 0 radical (unpaired) electrons. The van der Waals surface area contributed by atoms with Crippen LogP contribution >= 0.6 is 23.5 Å². The van der Waals surface area contributed by atoms with Gasteiger partial charge in [-0.25, -0.2) is 0 Å².